The maximum absolute atomic E-state index is 12.7. The van der Waals surface area contributed by atoms with Gasteiger partial charge in [0.2, 0.25) is 0 Å². The molecule has 3 aromatic rings. The van der Waals surface area contributed by atoms with Gasteiger partial charge < -0.3 is 19.5 Å². The van der Waals surface area contributed by atoms with E-state index >= 15 is 0 Å². The highest BCUT2D eigenvalue weighted by Gasteiger charge is 2.17. The molecule has 0 aliphatic carbocycles. The van der Waals surface area contributed by atoms with Gasteiger partial charge in [-0.3, -0.25) is 9.48 Å². The first-order chi connectivity index (χ1) is 13.5. The van der Waals surface area contributed by atoms with Crippen LogP contribution in [0.2, 0.25) is 0 Å². The molecule has 1 aromatic heterocycles. The van der Waals surface area contributed by atoms with Gasteiger partial charge in [-0.25, -0.2) is 0 Å². The first-order valence-electron chi connectivity index (χ1n) is 8.69. The van der Waals surface area contributed by atoms with Crippen LogP contribution < -0.4 is 19.5 Å². The Kier molecular flexibility index (Phi) is 5.54. The second-order valence-electron chi connectivity index (χ2n) is 6.24. The van der Waals surface area contributed by atoms with Crippen molar-refractivity contribution in [2.24, 2.45) is 7.05 Å². The van der Waals surface area contributed by atoms with Gasteiger partial charge in [-0.2, -0.15) is 5.10 Å². The molecule has 0 bridgehead atoms. The van der Waals surface area contributed by atoms with Crippen LogP contribution in [0.3, 0.4) is 0 Å². The van der Waals surface area contributed by atoms with E-state index in [4.69, 9.17) is 14.2 Å². The number of hydrogen-bond acceptors (Lipinski definition) is 5. The predicted molar refractivity (Wildman–Crippen MR) is 107 cm³/mol. The number of ether oxygens (including phenoxy) is 3. The summed E-state index contributed by atoms with van der Waals surface area (Å²) in [7, 11) is 6.55. The molecule has 0 aliphatic heterocycles. The predicted octanol–water partition coefficient (Wildman–Crippen LogP) is 3.67. The van der Waals surface area contributed by atoms with Crippen molar-refractivity contribution in [2.75, 3.05) is 26.6 Å². The number of carbonyl (C=O) groups is 1. The molecule has 1 N–H and O–H groups in total. The van der Waals surface area contributed by atoms with Crippen LogP contribution in [0, 0.1) is 6.92 Å². The molecule has 0 saturated heterocycles. The van der Waals surface area contributed by atoms with Crippen LogP contribution in [0.5, 0.6) is 17.2 Å². The molecule has 2 aromatic carbocycles. The van der Waals surface area contributed by atoms with Gasteiger partial charge in [0.15, 0.2) is 5.69 Å². The number of amides is 1. The van der Waals surface area contributed by atoms with E-state index in [1.54, 1.807) is 57.3 Å². The number of nitrogens with one attached hydrogen (secondary N) is 1. The molecule has 1 amide bonds. The van der Waals surface area contributed by atoms with Gasteiger partial charge >= 0.3 is 0 Å². The molecule has 1 heterocycles. The summed E-state index contributed by atoms with van der Waals surface area (Å²) in [4.78, 5) is 12.7. The van der Waals surface area contributed by atoms with E-state index < -0.39 is 0 Å². The number of anilines is 1. The van der Waals surface area contributed by atoms with Crippen LogP contribution >= 0.6 is 0 Å². The summed E-state index contributed by atoms with van der Waals surface area (Å²) in [5.41, 5.74) is 3.60. The molecule has 0 unspecified atom stereocenters. The highest BCUT2D eigenvalue weighted by Crippen LogP contribution is 2.30. The third-order valence-corrected chi connectivity index (χ3v) is 4.46. The standard InChI is InChI=1S/C21H23N3O4/c1-13-10-14(6-8-19(13)27-4)18-12-17(23-24(18)2)21(25)22-16-11-15(26-3)7-9-20(16)28-5/h6-12H,1-5H3,(H,22,25). The molecule has 0 saturated carbocycles. The minimum atomic E-state index is -0.335. The topological polar surface area (TPSA) is 74.6 Å². The van der Waals surface area contributed by atoms with Crippen molar-refractivity contribution in [3.05, 3.63) is 53.7 Å². The second-order valence-corrected chi connectivity index (χ2v) is 6.24. The fourth-order valence-electron chi connectivity index (χ4n) is 2.98. The zero-order valence-corrected chi connectivity index (χ0v) is 16.6. The average Bonchev–Trinajstić information content (AvgIpc) is 3.09. The fourth-order valence-corrected chi connectivity index (χ4v) is 2.98. The lowest BCUT2D eigenvalue weighted by Gasteiger charge is -2.10. The third-order valence-electron chi connectivity index (χ3n) is 4.46. The lowest BCUT2D eigenvalue weighted by molar-refractivity contribution is 0.102. The lowest BCUT2D eigenvalue weighted by Crippen LogP contribution is -2.13. The summed E-state index contributed by atoms with van der Waals surface area (Å²) >= 11 is 0. The average molecular weight is 381 g/mol. The molecule has 0 fully saturated rings. The minimum absolute atomic E-state index is 0.302. The Bertz CT molecular complexity index is 1010. The van der Waals surface area contributed by atoms with E-state index in [2.05, 4.69) is 10.4 Å². The van der Waals surface area contributed by atoms with Gasteiger partial charge in [0, 0.05) is 18.7 Å². The van der Waals surface area contributed by atoms with E-state index in [9.17, 15) is 4.79 Å². The van der Waals surface area contributed by atoms with E-state index in [1.165, 1.54) is 0 Å². The summed E-state index contributed by atoms with van der Waals surface area (Å²) in [6.45, 7) is 1.97. The molecule has 3 rings (SSSR count). The van der Waals surface area contributed by atoms with Crippen molar-refractivity contribution in [3.63, 3.8) is 0 Å². The van der Waals surface area contributed by atoms with Crippen LogP contribution in [-0.2, 0) is 7.05 Å². The molecule has 0 spiro atoms. The first kappa shape index (κ1) is 19.3. The van der Waals surface area contributed by atoms with E-state index in [0.717, 1.165) is 22.6 Å². The van der Waals surface area contributed by atoms with Gasteiger partial charge in [0.25, 0.3) is 5.91 Å². The largest absolute Gasteiger partial charge is 0.497 e. The first-order valence-corrected chi connectivity index (χ1v) is 8.69. The number of hydrogen-bond donors (Lipinski definition) is 1. The molecular weight excluding hydrogens is 358 g/mol. The van der Waals surface area contributed by atoms with E-state index in [0.29, 0.717) is 22.9 Å². The zero-order chi connectivity index (χ0) is 20.3. The Labute approximate surface area is 163 Å². The van der Waals surface area contributed by atoms with Crippen molar-refractivity contribution >= 4 is 11.6 Å². The van der Waals surface area contributed by atoms with Crippen molar-refractivity contribution in [2.45, 2.75) is 6.92 Å². The van der Waals surface area contributed by atoms with Gasteiger partial charge in [-0.15, -0.1) is 0 Å². The van der Waals surface area contributed by atoms with Crippen molar-refractivity contribution in [3.8, 4) is 28.5 Å². The van der Waals surface area contributed by atoms with Crippen molar-refractivity contribution < 1.29 is 19.0 Å². The molecule has 0 aliphatic rings. The number of aromatic nitrogens is 2. The van der Waals surface area contributed by atoms with Crippen molar-refractivity contribution in [1.82, 2.24) is 9.78 Å². The van der Waals surface area contributed by atoms with E-state index in [-0.39, 0.29) is 5.91 Å². The number of aryl methyl sites for hydroxylation is 2. The molecule has 146 valence electrons. The van der Waals surface area contributed by atoms with Gasteiger partial charge in [-0.05, 0) is 48.9 Å². The highest BCUT2D eigenvalue weighted by molar-refractivity contribution is 6.04. The zero-order valence-electron chi connectivity index (χ0n) is 16.6. The Morgan fingerprint density at radius 1 is 0.964 bits per heavy atom. The quantitative estimate of drug-likeness (QED) is 0.705. The van der Waals surface area contributed by atoms with Crippen LogP contribution in [0.15, 0.2) is 42.5 Å². The molecular formula is C21H23N3O4. The van der Waals surface area contributed by atoms with Crippen LogP contribution in [0.4, 0.5) is 5.69 Å². The molecule has 0 radical (unpaired) electrons. The number of nitrogens with zero attached hydrogens (tertiary/aromatic N) is 2. The molecule has 7 heteroatoms. The van der Waals surface area contributed by atoms with Crippen LogP contribution in [0.25, 0.3) is 11.3 Å². The number of carbonyl (C=O) groups excluding carboxylic acids is 1. The molecule has 28 heavy (non-hydrogen) atoms. The highest BCUT2D eigenvalue weighted by atomic mass is 16.5. The molecule has 0 atom stereocenters. The SMILES string of the molecule is COc1ccc(OC)c(NC(=O)c2cc(-c3ccc(OC)c(C)c3)n(C)n2)c1. The summed E-state index contributed by atoms with van der Waals surface area (Å²) in [5.74, 6) is 1.63. The maximum atomic E-state index is 12.7. The van der Waals surface area contributed by atoms with Crippen LogP contribution in [-0.4, -0.2) is 37.0 Å². The Morgan fingerprint density at radius 2 is 1.68 bits per heavy atom. The summed E-state index contributed by atoms with van der Waals surface area (Å²) < 4.78 is 17.5. The van der Waals surface area contributed by atoms with Gasteiger partial charge in [0.05, 0.1) is 32.7 Å². The number of benzene rings is 2. The molecule has 7 nitrogen and oxygen atoms in total. The minimum Gasteiger partial charge on any atom is -0.497 e. The third kappa shape index (κ3) is 3.78. The fraction of sp³-hybridized carbons (Fsp3) is 0.238. The van der Waals surface area contributed by atoms with Crippen LogP contribution in [0.1, 0.15) is 16.1 Å². The van der Waals surface area contributed by atoms with Gasteiger partial charge in [-0.1, -0.05) is 0 Å². The smallest absolute Gasteiger partial charge is 0.276 e. The Balaban J connectivity index is 1.89. The monoisotopic (exact) mass is 381 g/mol. The Morgan fingerprint density at radius 3 is 2.32 bits per heavy atom. The number of rotatable bonds is 6. The van der Waals surface area contributed by atoms with Gasteiger partial charge in [0.1, 0.15) is 17.2 Å². The lowest BCUT2D eigenvalue weighted by atomic mass is 10.1. The van der Waals surface area contributed by atoms with E-state index in [1.807, 2.05) is 25.1 Å². The second kappa shape index (κ2) is 8.04. The normalized spacial score (nSPS) is 10.5. The number of methoxy groups -OCH3 is 3. The van der Waals surface area contributed by atoms with Crippen molar-refractivity contribution in [1.29, 1.82) is 0 Å². The summed E-state index contributed by atoms with van der Waals surface area (Å²) in [5, 5.41) is 7.19. The Hall–Kier alpha value is -3.48. The summed E-state index contributed by atoms with van der Waals surface area (Å²) in [6, 6.07) is 12.8. The summed E-state index contributed by atoms with van der Waals surface area (Å²) in [6.07, 6.45) is 0. The maximum Gasteiger partial charge on any atom is 0.276 e.